The fourth-order valence-electron chi connectivity index (χ4n) is 2.60. The molecule has 1 aromatic rings. The standard InChI is InChI=1S/C17H23ClFNO4/c1-17(2,3)24-16(22)20-6-7-23-15(12(9-20)10-21)11-4-5-14(19)13(18)8-11/h4-5,8,12,15,21H,6-7,9-10H2,1-3H3/t12-,15-/m0/s1. The molecule has 1 N–H and O–H groups in total. The average Bonchev–Trinajstić information content (AvgIpc) is 2.70. The van der Waals surface area contributed by atoms with E-state index in [-0.39, 0.29) is 30.7 Å². The lowest BCUT2D eigenvalue weighted by Crippen LogP contribution is -2.40. The van der Waals surface area contributed by atoms with Crippen LogP contribution in [-0.4, -0.2) is 48.0 Å². The zero-order valence-corrected chi connectivity index (χ0v) is 14.8. The summed E-state index contributed by atoms with van der Waals surface area (Å²) in [5, 5.41) is 9.74. The number of hydrogen-bond donors (Lipinski definition) is 1. The SMILES string of the molecule is CC(C)(C)OC(=O)N1CCO[C@@H](c2ccc(F)c(Cl)c2)[C@H](CO)C1. The Labute approximate surface area is 146 Å². The van der Waals surface area contributed by atoms with Crippen LogP contribution in [0.15, 0.2) is 18.2 Å². The fraction of sp³-hybridized carbons (Fsp3) is 0.588. The number of amides is 1. The number of carbonyl (C=O) groups excluding carboxylic acids is 1. The van der Waals surface area contributed by atoms with Crippen molar-refractivity contribution in [3.63, 3.8) is 0 Å². The predicted octanol–water partition coefficient (Wildman–Crippen LogP) is 3.40. The molecule has 0 unspecified atom stereocenters. The van der Waals surface area contributed by atoms with E-state index in [1.807, 2.05) is 0 Å². The minimum Gasteiger partial charge on any atom is -0.444 e. The third kappa shape index (κ3) is 4.82. The minimum atomic E-state index is -0.594. The van der Waals surface area contributed by atoms with Crippen LogP contribution in [0.5, 0.6) is 0 Å². The summed E-state index contributed by atoms with van der Waals surface area (Å²) in [4.78, 5) is 13.8. The Morgan fingerprint density at radius 3 is 2.79 bits per heavy atom. The van der Waals surface area contributed by atoms with Crippen LogP contribution in [0.25, 0.3) is 0 Å². The van der Waals surface area contributed by atoms with Crippen molar-refractivity contribution in [2.45, 2.75) is 32.5 Å². The van der Waals surface area contributed by atoms with Gasteiger partial charge >= 0.3 is 6.09 Å². The van der Waals surface area contributed by atoms with Gasteiger partial charge in [-0.3, -0.25) is 0 Å². The summed E-state index contributed by atoms with van der Waals surface area (Å²) in [5.41, 5.74) is 0.0783. The molecule has 0 bridgehead atoms. The molecule has 2 rings (SSSR count). The molecule has 1 saturated heterocycles. The highest BCUT2D eigenvalue weighted by Crippen LogP contribution is 2.31. The van der Waals surface area contributed by atoms with Gasteiger partial charge in [-0.15, -0.1) is 0 Å². The zero-order chi connectivity index (χ0) is 17.9. The van der Waals surface area contributed by atoms with Gasteiger partial charge in [0.2, 0.25) is 0 Å². The third-order valence-corrected chi connectivity index (χ3v) is 3.99. The number of aliphatic hydroxyl groups is 1. The van der Waals surface area contributed by atoms with Crippen molar-refractivity contribution in [2.75, 3.05) is 26.3 Å². The van der Waals surface area contributed by atoms with Gasteiger partial charge in [0, 0.05) is 19.0 Å². The lowest BCUT2D eigenvalue weighted by molar-refractivity contribution is 0.0108. The summed E-state index contributed by atoms with van der Waals surface area (Å²) < 4.78 is 24.5. The van der Waals surface area contributed by atoms with Gasteiger partial charge in [-0.25, -0.2) is 9.18 Å². The second-order valence-corrected chi connectivity index (χ2v) is 7.24. The highest BCUT2D eigenvalue weighted by molar-refractivity contribution is 6.30. The van der Waals surface area contributed by atoms with E-state index < -0.39 is 23.6 Å². The van der Waals surface area contributed by atoms with E-state index in [2.05, 4.69) is 0 Å². The lowest BCUT2D eigenvalue weighted by Gasteiger charge is -2.29. The summed E-state index contributed by atoms with van der Waals surface area (Å²) in [6.07, 6.45) is -0.914. The van der Waals surface area contributed by atoms with Crippen LogP contribution in [0, 0.1) is 11.7 Å². The number of ether oxygens (including phenoxy) is 2. The number of hydrogen-bond acceptors (Lipinski definition) is 4. The van der Waals surface area contributed by atoms with Crippen LogP contribution in [0.2, 0.25) is 5.02 Å². The first kappa shape index (κ1) is 19.0. The largest absolute Gasteiger partial charge is 0.444 e. The molecule has 0 spiro atoms. The summed E-state index contributed by atoms with van der Waals surface area (Å²) in [5.74, 6) is -0.869. The molecule has 1 aliphatic rings. The molecule has 0 aliphatic carbocycles. The maximum Gasteiger partial charge on any atom is 0.410 e. The van der Waals surface area contributed by atoms with Gasteiger partial charge in [0.15, 0.2) is 0 Å². The van der Waals surface area contributed by atoms with Crippen molar-refractivity contribution in [3.8, 4) is 0 Å². The normalized spacial score (nSPS) is 22.2. The molecule has 0 radical (unpaired) electrons. The first-order valence-electron chi connectivity index (χ1n) is 7.86. The van der Waals surface area contributed by atoms with E-state index in [0.717, 1.165) is 0 Å². The predicted molar refractivity (Wildman–Crippen MR) is 88.5 cm³/mol. The molecule has 1 heterocycles. The Balaban J connectivity index is 2.16. The molecule has 7 heteroatoms. The highest BCUT2D eigenvalue weighted by Gasteiger charge is 2.32. The fourth-order valence-corrected chi connectivity index (χ4v) is 2.79. The van der Waals surface area contributed by atoms with Gasteiger partial charge in [-0.2, -0.15) is 0 Å². The van der Waals surface area contributed by atoms with Gasteiger partial charge < -0.3 is 19.5 Å². The number of rotatable bonds is 2. The van der Waals surface area contributed by atoms with Crippen LogP contribution < -0.4 is 0 Å². The lowest BCUT2D eigenvalue weighted by atomic mass is 9.96. The summed E-state index contributed by atoms with van der Waals surface area (Å²) in [7, 11) is 0. The molecule has 1 amide bonds. The Bertz CT molecular complexity index is 590. The topological polar surface area (TPSA) is 59.0 Å². The average molecular weight is 360 g/mol. The van der Waals surface area contributed by atoms with Crippen molar-refractivity contribution in [1.29, 1.82) is 0 Å². The zero-order valence-electron chi connectivity index (χ0n) is 14.1. The molecule has 5 nitrogen and oxygen atoms in total. The van der Waals surface area contributed by atoms with E-state index in [1.165, 1.54) is 17.0 Å². The highest BCUT2D eigenvalue weighted by atomic mass is 35.5. The van der Waals surface area contributed by atoms with Gasteiger partial charge in [0.05, 0.1) is 24.3 Å². The monoisotopic (exact) mass is 359 g/mol. The maximum atomic E-state index is 13.4. The quantitative estimate of drug-likeness (QED) is 0.879. The second-order valence-electron chi connectivity index (χ2n) is 6.83. The molecular formula is C17H23ClFNO4. The van der Waals surface area contributed by atoms with Crippen molar-refractivity contribution in [1.82, 2.24) is 4.90 Å². The molecule has 1 aromatic carbocycles. The smallest absolute Gasteiger partial charge is 0.410 e. The van der Waals surface area contributed by atoms with Gasteiger partial charge in [0.25, 0.3) is 0 Å². The first-order chi connectivity index (χ1) is 11.2. The molecule has 24 heavy (non-hydrogen) atoms. The number of nitrogens with zero attached hydrogens (tertiary/aromatic N) is 1. The Hall–Kier alpha value is -1.37. The second kappa shape index (κ2) is 7.68. The maximum absolute atomic E-state index is 13.4. The van der Waals surface area contributed by atoms with E-state index in [4.69, 9.17) is 21.1 Å². The molecule has 2 atom stereocenters. The number of benzene rings is 1. The van der Waals surface area contributed by atoms with Crippen molar-refractivity contribution >= 4 is 17.7 Å². The Kier molecular flexibility index (Phi) is 6.06. The Morgan fingerprint density at radius 1 is 1.50 bits per heavy atom. The van der Waals surface area contributed by atoms with Crippen molar-refractivity contribution < 1.29 is 23.8 Å². The van der Waals surface area contributed by atoms with Crippen LogP contribution in [-0.2, 0) is 9.47 Å². The van der Waals surface area contributed by atoms with Crippen LogP contribution in [0.4, 0.5) is 9.18 Å². The minimum absolute atomic E-state index is 0.000958. The van der Waals surface area contributed by atoms with E-state index >= 15 is 0 Å². The van der Waals surface area contributed by atoms with Crippen LogP contribution >= 0.6 is 11.6 Å². The summed E-state index contributed by atoms with van der Waals surface area (Å²) in [6.45, 7) is 6.14. The molecule has 134 valence electrons. The Morgan fingerprint density at radius 2 is 2.21 bits per heavy atom. The van der Waals surface area contributed by atoms with E-state index in [0.29, 0.717) is 12.1 Å². The van der Waals surface area contributed by atoms with Gasteiger partial charge in [0.1, 0.15) is 11.4 Å². The number of carbonyl (C=O) groups is 1. The molecule has 1 aliphatic heterocycles. The first-order valence-corrected chi connectivity index (χ1v) is 8.24. The van der Waals surface area contributed by atoms with E-state index in [1.54, 1.807) is 26.8 Å². The van der Waals surface area contributed by atoms with Crippen molar-refractivity contribution in [3.05, 3.63) is 34.6 Å². The van der Waals surface area contributed by atoms with Crippen LogP contribution in [0.1, 0.15) is 32.4 Å². The molecular weight excluding hydrogens is 337 g/mol. The summed E-state index contributed by atoms with van der Waals surface area (Å²) >= 11 is 5.84. The van der Waals surface area contributed by atoms with Gasteiger partial charge in [-0.1, -0.05) is 17.7 Å². The van der Waals surface area contributed by atoms with E-state index in [9.17, 15) is 14.3 Å². The molecule has 0 aromatic heterocycles. The number of aliphatic hydroxyl groups excluding tert-OH is 1. The molecule has 1 fully saturated rings. The summed E-state index contributed by atoms with van der Waals surface area (Å²) in [6, 6.07) is 4.34. The molecule has 0 saturated carbocycles. The van der Waals surface area contributed by atoms with Crippen LogP contribution in [0.3, 0.4) is 0 Å². The number of halogens is 2. The van der Waals surface area contributed by atoms with Crippen molar-refractivity contribution in [2.24, 2.45) is 5.92 Å². The third-order valence-electron chi connectivity index (χ3n) is 3.70. The van der Waals surface area contributed by atoms with Gasteiger partial charge in [-0.05, 0) is 38.5 Å².